The molecule has 0 aromatic carbocycles. The van der Waals surface area contributed by atoms with Crippen molar-refractivity contribution in [3.8, 4) is 0 Å². The smallest absolute Gasteiger partial charge is 0.0593 e. The lowest BCUT2D eigenvalue weighted by Crippen LogP contribution is -2.45. The predicted molar refractivity (Wildman–Crippen MR) is 60.9 cm³/mol. The molecule has 1 aliphatic rings. The van der Waals surface area contributed by atoms with Crippen LogP contribution < -0.4 is 5.73 Å². The topological polar surface area (TPSA) is 47.7 Å². The normalized spacial score (nSPS) is 23.6. The molecule has 0 saturated carbocycles. The van der Waals surface area contributed by atoms with Crippen molar-refractivity contribution in [1.29, 1.82) is 0 Å². The fourth-order valence-electron chi connectivity index (χ4n) is 2.11. The number of hydrogen-bond donors (Lipinski definition) is 1. The zero-order valence-electron chi connectivity index (χ0n) is 9.95. The minimum Gasteiger partial charge on any atom is -0.381 e. The molecule has 1 rings (SSSR count). The van der Waals surface area contributed by atoms with Gasteiger partial charge in [0, 0.05) is 38.3 Å². The maximum absolute atomic E-state index is 5.82. The molecule has 4 nitrogen and oxygen atoms in total. The number of ether oxygens (including phenoxy) is 2. The van der Waals surface area contributed by atoms with E-state index in [4.69, 9.17) is 15.2 Å². The standard InChI is InChI=1S/C11H24N2O2/c1-3-14-7-5-13(2)11(8-12)10-4-6-15-9-10/h10-11H,3-9,12H2,1-2H3. The summed E-state index contributed by atoms with van der Waals surface area (Å²) in [5.74, 6) is 0.599. The van der Waals surface area contributed by atoms with E-state index in [1.165, 1.54) is 0 Å². The molecular formula is C11H24N2O2. The Balaban J connectivity index is 2.28. The number of nitrogens with zero attached hydrogens (tertiary/aromatic N) is 1. The summed E-state index contributed by atoms with van der Waals surface area (Å²) in [6.45, 7) is 7.00. The van der Waals surface area contributed by atoms with Crippen molar-refractivity contribution in [3.63, 3.8) is 0 Å². The molecule has 90 valence electrons. The maximum Gasteiger partial charge on any atom is 0.0593 e. The molecule has 2 unspecified atom stereocenters. The molecule has 1 heterocycles. The average Bonchev–Trinajstić information content (AvgIpc) is 2.73. The van der Waals surface area contributed by atoms with E-state index < -0.39 is 0 Å². The van der Waals surface area contributed by atoms with E-state index in [1.807, 2.05) is 6.92 Å². The first kappa shape index (κ1) is 12.9. The number of likely N-dealkylation sites (N-methyl/N-ethyl adjacent to an activating group) is 1. The van der Waals surface area contributed by atoms with E-state index in [0.29, 0.717) is 18.5 Å². The highest BCUT2D eigenvalue weighted by Crippen LogP contribution is 2.19. The summed E-state index contributed by atoms with van der Waals surface area (Å²) in [7, 11) is 2.12. The van der Waals surface area contributed by atoms with Crippen LogP contribution in [-0.2, 0) is 9.47 Å². The summed E-state index contributed by atoms with van der Waals surface area (Å²) in [6, 6.07) is 0.438. The second-order valence-electron chi connectivity index (χ2n) is 4.10. The van der Waals surface area contributed by atoms with Gasteiger partial charge in [-0.25, -0.2) is 0 Å². The van der Waals surface area contributed by atoms with Crippen LogP contribution in [0.3, 0.4) is 0 Å². The van der Waals surface area contributed by atoms with Crippen molar-refractivity contribution in [2.75, 3.05) is 46.6 Å². The molecular weight excluding hydrogens is 192 g/mol. The molecule has 4 heteroatoms. The Morgan fingerprint density at radius 3 is 2.93 bits per heavy atom. The van der Waals surface area contributed by atoms with Gasteiger partial charge in [-0.2, -0.15) is 0 Å². The van der Waals surface area contributed by atoms with Gasteiger partial charge in [0.25, 0.3) is 0 Å². The molecule has 1 aliphatic heterocycles. The van der Waals surface area contributed by atoms with Crippen molar-refractivity contribution >= 4 is 0 Å². The van der Waals surface area contributed by atoms with E-state index >= 15 is 0 Å². The predicted octanol–water partition coefficient (Wildman–Crippen LogP) is 0.319. The van der Waals surface area contributed by atoms with Gasteiger partial charge in [0.1, 0.15) is 0 Å². The number of hydrogen-bond acceptors (Lipinski definition) is 4. The van der Waals surface area contributed by atoms with Crippen LogP contribution in [0.2, 0.25) is 0 Å². The summed E-state index contributed by atoms with van der Waals surface area (Å²) in [4.78, 5) is 2.30. The van der Waals surface area contributed by atoms with Crippen molar-refractivity contribution in [2.45, 2.75) is 19.4 Å². The third-order valence-electron chi connectivity index (χ3n) is 3.11. The minimum atomic E-state index is 0.438. The molecule has 1 fully saturated rings. The Hall–Kier alpha value is -0.160. The molecule has 2 atom stereocenters. The molecule has 0 aliphatic carbocycles. The van der Waals surface area contributed by atoms with E-state index in [2.05, 4.69) is 11.9 Å². The van der Waals surface area contributed by atoms with Crippen molar-refractivity contribution in [1.82, 2.24) is 4.90 Å². The van der Waals surface area contributed by atoms with Crippen LogP contribution in [0.25, 0.3) is 0 Å². The van der Waals surface area contributed by atoms with Crippen LogP contribution in [0, 0.1) is 5.92 Å². The lowest BCUT2D eigenvalue weighted by atomic mass is 9.98. The fraction of sp³-hybridized carbons (Fsp3) is 1.00. The van der Waals surface area contributed by atoms with Gasteiger partial charge in [-0.05, 0) is 20.4 Å². The largest absolute Gasteiger partial charge is 0.381 e. The average molecular weight is 216 g/mol. The summed E-state index contributed by atoms with van der Waals surface area (Å²) in [5.41, 5.74) is 5.82. The highest BCUT2D eigenvalue weighted by Gasteiger charge is 2.27. The van der Waals surface area contributed by atoms with E-state index in [0.717, 1.165) is 39.4 Å². The summed E-state index contributed by atoms with van der Waals surface area (Å²) < 4.78 is 10.7. The molecule has 0 bridgehead atoms. The van der Waals surface area contributed by atoms with Gasteiger partial charge >= 0.3 is 0 Å². The zero-order valence-corrected chi connectivity index (χ0v) is 9.95. The summed E-state index contributed by atoms with van der Waals surface area (Å²) in [6.07, 6.45) is 1.14. The van der Waals surface area contributed by atoms with Gasteiger partial charge in [-0.1, -0.05) is 0 Å². The lowest BCUT2D eigenvalue weighted by molar-refractivity contribution is 0.0881. The first-order valence-corrected chi connectivity index (χ1v) is 5.85. The molecule has 0 radical (unpaired) electrons. The Labute approximate surface area is 92.7 Å². The van der Waals surface area contributed by atoms with Crippen LogP contribution in [-0.4, -0.2) is 57.5 Å². The molecule has 1 saturated heterocycles. The number of rotatable bonds is 7. The Bertz CT molecular complexity index is 161. The van der Waals surface area contributed by atoms with Gasteiger partial charge in [-0.15, -0.1) is 0 Å². The second kappa shape index (κ2) is 7.17. The highest BCUT2D eigenvalue weighted by molar-refractivity contribution is 4.81. The lowest BCUT2D eigenvalue weighted by Gasteiger charge is -2.30. The van der Waals surface area contributed by atoms with Crippen molar-refractivity contribution in [2.24, 2.45) is 11.7 Å². The van der Waals surface area contributed by atoms with Gasteiger partial charge in [0.2, 0.25) is 0 Å². The monoisotopic (exact) mass is 216 g/mol. The second-order valence-corrected chi connectivity index (χ2v) is 4.10. The van der Waals surface area contributed by atoms with E-state index in [1.54, 1.807) is 0 Å². The highest BCUT2D eigenvalue weighted by atomic mass is 16.5. The first-order valence-electron chi connectivity index (χ1n) is 5.85. The quantitative estimate of drug-likeness (QED) is 0.623. The number of nitrogens with two attached hydrogens (primary N) is 1. The Morgan fingerprint density at radius 1 is 1.60 bits per heavy atom. The summed E-state index contributed by atoms with van der Waals surface area (Å²) >= 11 is 0. The van der Waals surface area contributed by atoms with Gasteiger partial charge in [0.05, 0.1) is 13.2 Å². The minimum absolute atomic E-state index is 0.438. The van der Waals surface area contributed by atoms with Gasteiger partial charge in [0.15, 0.2) is 0 Å². The van der Waals surface area contributed by atoms with Crippen LogP contribution in [0.4, 0.5) is 0 Å². The molecule has 2 N–H and O–H groups in total. The molecule has 0 aromatic heterocycles. The fourth-order valence-corrected chi connectivity index (χ4v) is 2.11. The molecule has 15 heavy (non-hydrogen) atoms. The van der Waals surface area contributed by atoms with Crippen molar-refractivity contribution in [3.05, 3.63) is 0 Å². The van der Waals surface area contributed by atoms with Gasteiger partial charge in [-0.3, -0.25) is 4.90 Å². The third kappa shape index (κ3) is 4.07. The van der Waals surface area contributed by atoms with Gasteiger partial charge < -0.3 is 15.2 Å². The Morgan fingerprint density at radius 2 is 2.40 bits per heavy atom. The van der Waals surface area contributed by atoms with E-state index in [9.17, 15) is 0 Å². The van der Waals surface area contributed by atoms with Crippen LogP contribution in [0.5, 0.6) is 0 Å². The maximum atomic E-state index is 5.82. The summed E-state index contributed by atoms with van der Waals surface area (Å²) in [5, 5.41) is 0. The third-order valence-corrected chi connectivity index (χ3v) is 3.11. The zero-order chi connectivity index (χ0) is 11.1. The van der Waals surface area contributed by atoms with Crippen molar-refractivity contribution < 1.29 is 9.47 Å². The van der Waals surface area contributed by atoms with Crippen LogP contribution in [0.15, 0.2) is 0 Å². The Kier molecular flexibility index (Phi) is 6.17. The van der Waals surface area contributed by atoms with Crippen LogP contribution in [0.1, 0.15) is 13.3 Å². The molecule has 0 aromatic rings. The molecule has 0 amide bonds. The van der Waals surface area contributed by atoms with Crippen LogP contribution >= 0.6 is 0 Å². The molecule has 0 spiro atoms. The first-order chi connectivity index (χ1) is 7.29. The van der Waals surface area contributed by atoms with E-state index in [-0.39, 0.29) is 0 Å². The SMILES string of the molecule is CCOCCN(C)C(CN)C1CCOC1.